The molecule has 1 rings (SSSR count). The largest absolute Gasteiger partial charge is 0.329 e. The van der Waals surface area contributed by atoms with Gasteiger partial charge in [0, 0.05) is 36.5 Å². The summed E-state index contributed by atoms with van der Waals surface area (Å²) in [6.07, 6.45) is 2.02. The van der Waals surface area contributed by atoms with Gasteiger partial charge in [0.1, 0.15) is 11.6 Å². The molecule has 1 unspecified atom stereocenters. The fourth-order valence-electron chi connectivity index (χ4n) is 1.71. The van der Waals surface area contributed by atoms with Gasteiger partial charge in [0.25, 0.3) is 0 Å². The van der Waals surface area contributed by atoms with Gasteiger partial charge in [-0.05, 0) is 19.4 Å². The van der Waals surface area contributed by atoms with Crippen LogP contribution < -0.4 is 5.73 Å². The lowest BCUT2D eigenvalue weighted by Gasteiger charge is -2.27. The first-order valence-electron chi connectivity index (χ1n) is 5.44. The van der Waals surface area contributed by atoms with Crippen molar-refractivity contribution in [2.75, 3.05) is 32.1 Å². The van der Waals surface area contributed by atoms with Crippen molar-refractivity contribution < 1.29 is 8.78 Å². The van der Waals surface area contributed by atoms with Crippen LogP contribution in [-0.2, 0) is 0 Å². The molecule has 1 aromatic carbocycles. The van der Waals surface area contributed by atoms with Crippen LogP contribution in [-0.4, -0.2) is 37.0 Å². The third-order valence-corrected chi connectivity index (χ3v) is 3.32. The van der Waals surface area contributed by atoms with E-state index in [1.165, 1.54) is 12.1 Å². The predicted molar refractivity (Wildman–Crippen MR) is 69.2 cm³/mol. The number of hydrogen-bond donors (Lipinski definition) is 1. The molecule has 1 atom stereocenters. The van der Waals surface area contributed by atoms with Crippen molar-refractivity contribution in [2.45, 2.75) is 6.04 Å². The molecule has 1 aromatic rings. The van der Waals surface area contributed by atoms with E-state index in [0.29, 0.717) is 12.1 Å². The quantitative estimate of drug-likeness (QED) is 0.850. The Morgan fingerprint density at radius 2 is 2.12 bits per heavy atom. The predicted octanol–water partition coefficient (Wildman–Crippen LogP) is 2.26. The molecule has 0 aliphatic heterocycles. The van der Waals surface area contributed by atoms with Crippen molar-refractivity contribution in [1.82, 2.24) is 4.90 Å². The van der Waals surface area contributed by atoms with Gasteiger partial charge in [-0.2, -0.15) is 11.8 Å². The molecule has 2 N–H and O–H groups in total. The Labute approximate surface area is 105 Å². The Morgan fingerprint density at radius 1 is 1.41 bits per heavy atom. The highest BCUT2D eigenvalue weighted by atomic mass is 32.2. The van der Waals surface area contributed by atoms with Crippen molar-refractivity contribution in [2.24, 2.45) is 5.73 Å². The molecule has 0 fully saturated rings. The number of hydrogen-bond acceptors (Lipinski definition) is 3. The maximum absolute atomic E-state index is 13.6. The molecule has 0 amide bonds. The summed E-state index contributed by atoms with van der Waals surface area (Å²) in [5.41, 5.74) is 6.13. The SMILES string of the molecule is CSCCN(C)C(CN)c1ccc(F)cc1F. The maximum atomic E-state index is 13.6. The molecule has 17 heavy (non-hydrogen) atoms. The first kappa shape index (κ1) is 14.4. The number of rotatable bonds is 6. The number of nitrogens with zero attached hydrogens (tertiary/aromatic N) is 1. The lowest BCUT2D eigenvalue weighted by Crippen LogP contribution is -2.32. The molecule has 0 aliphatic carbocycles. The van der Waals surface area contributed by atoms with Crippen molar-refractivity contribution in [3.63, 3.8) is 0 Å². The minimum atomic E-state index is -0.561. The van der Waals surface area contributed by atoms with E-state index in [1.807, 2.05) is 18.2 Å². The van der Waals surface area contributed by atoms with Crippen LogP contribution in [0.2, 0.25) is 0 Å². The summed E-state index contributed by atoms with van der Waals surface area (Å²) in [5.74, 6) is -0.138. The lowest BCUT2D eigenvalue weighted by atomic mass is 10.1. The van der Waals surface area contributed by atoms with Crippen LogP contribution in [0.1, 0.15) is 11.6 Å². The number of halogens is 2. The average Bonchev–Trinajstić information content (AvgIpc) is 2.30. The van der Waals surface area contributed by atoms with Gasteiger partial charge < -0.3 is 5.73 Å². The highest BCUT2D eigenvalue weighted by Crippen LogP contribution is 2.22. The van der Waals surface area contributed by atoms with Crippen LogP contribution in [0.15, 0.2) is 18.2 Å². The van der Waals surface area contributed by atoms with E-state index < -0.39 is 11.6 Å². The first-order valence-corrected chi connectivity index (χ1v) is 6.83. The van der Waals surface area contributed by atoms with Crippen LogP contribution in [0.4, 0.5) is 8.78 Å². The molecular weight excluding hydrogens is 242 g/mol. The third-order valence-electron chi connectivity index (χ3n) is 2.72. The van der Waals surface area contributed by atoms with E-state index in [4.69, 9.17) is 5.73 Å². The molecule has 0 saturated carbocycles. The Hall–Kier alpha value is -0.650. The molecule has 0 spiro atoms. The lowest BCUT2D eigenvalue weighted by molar-refractivity contribution is 0.259. The molecule has 0 aromatic heterocycles. The van der Waals surface area contributed by atoms with Gasteiger partial charge in [0.05, 0.1) is 0 Å². The zero-order valence-corrected chi connectivity index (χ0v) is 10.9. The van der Waals surface area contributed by atoms with E-state index in [-0.39, 0.29) is 6.04 Å². The van der Waals surface area contributed by atoms with E-state index in [0.717, 1.165) is 18.4 Å². The monoisotopic (exact) mass is 260 g/mol. The van der Waals surface area contributed by atoms with Gasteiger partial charge in [0.15, 0.2) is 0 Å². The zero-order chi connectivity index (χ0) is 12.8. The van der Waals surface area contributed by atoms with Gasteiger partial charge in [-0.1, -0.05) is 6.07 Å². The minimum Gasteiger partial charge on any atom is -0.329 e. The highest BCUT2D eigenvalue weighted by Gasteiger charge is 2.18. The second kappa shape index (κ2) is 6.93. The Bertz CT molecular complexity index is 360. The van der Waals surface area contributed by atoms with E-state index in [1.54, 1.807) is 11.8 Å². The summed E-state index contributed by atoms with van der Waals surface area (Å²) in [6, 6.07) is 3.43. The fourth-order valence-corrected chi connectivity index (χ4v) is 2.18. The number of benzene rings is 1. The summed E-state index contributed by atoms with van der Waals surface area (Å²) in [6.45, 7) is 1.13. The zero-order valence-electron chi connectivity index (χ0n) is 10.1. The number of nitrogens with two attached hydrogens (primary N) is 1. The van der Waals surface area contributed by atoms with Crippen molar-refractivity contribution in [3.8, 4) is 0 Å². The summed E-state index contributed by atoms with van der Waals surface area (Å²) in [5, 5.41) is 0. The highest BCUT2D eigenvalue weighted by molar-refractivity contribution is 7.98. The Balaban J connectivity index is 2.85. The second-order valence-electron chi connectivity index (χ2n) is 3.89. The van der Waals surface area contributed by atoms with E-state index >= 15 is 0 Å². The molecule has 0 aliphatic rings. The standard InChI is InChI=1S/C12H18F2N2S/c1-16(5-6-17-2)12(8-15)10-4-3-9(13)7-11(10)14/h3-4,7,12H,5-6,8,15H2,1-2H3. The third kappa shape index (κ3) is 3.94. The van der Waals surface area contributed by atoms with Crippen LogP contribution >= 0.6 is 11.8 Å². The molecule has 5 heteroatoms. The molecule has 0 heterocycles. The smallest absolute Gasteiger partial charge is 0.130 e. The van der Waals surface area contributed by atoms with Crippen molar-refractivity contribution in [1.29, 1.82) is 0 Å². The van der Waals surface area contributed by atoms with Crippen LogP contribution in [0.25, 0.3) is 0 Å². The normalized spacial score (nSPS) is 13.1. The van der Waals surface area contributed by atoms with Gasteiger partial charge in [-0.15, -0.1) is 0 Å². The van der Waals surface area contributed by atoms with E-state index in [2.05, 4.69) is 0 Å². The molecule has 2 nitrogen and oxygen atoms in total. The minimum absolute atomic E-state index is 0.206. The molecule has 0 bridgehead atoms. The fraction of sp³-hybridized carbons (Fsp3) is 0.500. The van der Waals surface area contributed by atoms with Gasteiger partial charge >= 0.3 is 0 Å². The summed E-state index contributed by atoms with van der Waals surface area (Å²) in [4.78, 5) is 1.99. The molecule has 96 valence electrons. The Kier molecular flexibility index (Phi) is 5.88. The molecular formula is C12H18F2N2S. The molecule has 0 saturated heterocycles. The topological polar surface area (TPSA) is 29.3 Å². The van der Waals surface area contributed by atoms with Crippen molar-refractivity contribution in [3.05, 3.63) is 35.4 Å². The summed E-state index contributed by atoms with van der Waals surface area (Å²) < 4.78 is 26.5. The van der Waals surface area contributed by atoms with Crippen LogP contribution in [0.3, 0.4) is 0 Å². The van der Waals surface area contributed by atoms with Crippen molar-refractivity contribution >= 4 is 11.8 Å². The molecule has 0 radical (unpaired) electrons. The van der Waals surface area contributed by atoms with Gasteiger partial charge in [-0.3, -0.25) is 4.90 Å². The van der Waals surface area contributed by atoms with Gasteiger partial charge in [0.2, 0.25) is 0 Å². The summed E-state index contributed by atoms with van der Waals surface area (Å²) in [7, 11) is 1.90. The number of likely N-dealkylation sites (N-methyl/N-ethyl adjacent to an activating group) is 1. The van der Waals surface area contributed by atoms with Gasteiger partial charge in [-0.25, -0.2) is 8.78 Å². The van der Waals surface area contributed by atoms with E-state index in [9.17, 15) is 8.78 Å². The second-order valence-corrected chi connectivity index (χ2v) is 4.88. The maximum Gasteiger partial charge on any atom is 0.130 e. The Morgan fingerprint density at radius 3 is 2.65 bits per heavy atom. The summed E-state index contributed by atoms with van der Waals surface area (Å²) >= 11 is 1.72. The van der Waals surface area contributed by atoms with Crippen LogP contribution in [0, 0.1) is 11.6 Å². The number of thioether (sulfide) groups is 1. The average molecular weight is 260 g/mol. The first-order chi connectivity index (χ1) is 8.10. The van der Waals surface area contributed by atoms with Crippen LogP contribution in [0.5, 0.6) is 0 Å².